The van der Waals surface area contributed by atoms with Crippen molar-refractivity contribution in [3.63, 3.8) is 0 Å². The molecule has 3 N–H and O–H groups in total. The van der Waals surface area contributed by atoms with Crippen molar-refractivity contribution in [1.82, 2.24) is 109 Å². The zero-order valence-corrected chi connectivity index (χ0v) is 87.3. The fourth-order valence-electron chi connectivity index (χ4n) is 17.8. The third-order valence-corrected chi connectivity index (χ3v) is 31.3. The summed E-state index contributed by atoms with van der Waals surface area (Å²) in [6.07, 6.45) is 12.6. The van der Waals surface area contributed by atoms with Crippen molar-refractivity contribution < 1.29 is 23.9 Å². The van der Waals surface area contributed by atoms with Gasteiger partial charge in [0.15, 0.2) is 23.3 Å². The molecule has 139 heavy (non-hydrogen) atoms. The van der Waals surface area contributed by atoms with Crippen LogP contribution in [0.25, 0.3) is 20.0 Å². The first-order chi connectivity index (χ1) is 66.7. The summed E-state index contributed by atoms with van der Waals surface area (Å²) in [5, 5.41) is 50.8. The Morgan fingerprint density at radius 3 is 1.07 bits per heavy atom. The molecule has 0 aliphatic carbocycles. The monoisotopic (exact) mass is 2010 g/mol. The number of nitrogens with zero attached hydrogens (tertiary/aromatic N) is 23. The van der Waals surface area contributed by atoms with Gasteiger partial charge in [-0.2, -0.15) is 0 Å². The number of aliphatic imine (C=N–C) groups is 4. The molecular weight excluding hydrogens is 1890 g/mol. The van der Waals surface area contributed by atoms with Crippen molar-refractivity contribution in [3.8, 4) is 20.0 Å². The van der Waals surface area contributed by atoms with Crippen LogP contribution in [0.2, 0.25) is 15.1 Å². The van der Waals surface area contributed by atoms with E-state index in [1.165, 1.54) is 41.8 Å². The zero-order valence-electron chi connectivity index (χ0n) is 81.7. The number of aromatic nitrogens is 15. The number of imidazole rings is 1. The fraction of sp³-hybridized carbons (Fsp3) is 0.426. The summed E-state index contributed by atoms with van der Waals surface area (Å²) >= 11 is 25.4. The van der Waals surface area contributed by atoms with Gasteiger partial charge in [0.2, 0.25) is 17.7 Å². The summed E-state index contributed by atoms with van der Waals surface area (Å²) < 4.78 is 15.8. The topological polar surface area (TPSA) is 330 Å². The maximum Gasteiger partial charge on any atom is 0.308 e. The standard InChI is InChI=1S/2C27H34ClN7OS.C25H26ClN7OS.C22H25N5O2S/c1-17-18(2)37-27-24(17)25(20-6-8-21(28)9-7-20)30-22(26-32-31-19(3)35(26)27)16-23(36)29-10-5-11-34-14-12-33(4)13-15-34;1-17-18(2)37-27-24(17)25(20-7-9-21(28)10-8-20)30-22(26-32-31-19(3)35(26)27)16-29-23(36)6-5-11-34-14-12-33(4)13-15-34;1-15-16(2)35-25-22(15)23(18-5-7-19(26)8-6-18)29-20(24-31-30-17(3)33(24)25)13-21(34)28-9-4-11-32-12-10-27-14-32;1-12-13(2)30-21-18(12)19(15-7-9-23-10-8-15)24-16(11-17(28)29-22(4,5)6)20-26-25-14(3)27(20)21/h6-9,22H,5,10-16H2,1-4H3,(H,29,36);7-10,22H,5-6,11-16H2,1-4H3,(H,29,36);5-8,10,12,14,20H,4,9,11,13H2,1-3H3,(H,28,34);7-10,16H,11H2,1-6H3. The van der Waals surface area contributed by atoms with Crippen molar-refractivity contribution in [2.45, 2.75) is 185 Å². The van der Waals surface area contributed by atoms with Gasteiger partial charge in [-0.15, -0.1) is 86.1 Å². The van der Waals surface area contributed by atoms with Gasteiger partial charge in [0.25, 0.3) is 0 Å². The van der Waals surface area contributed by atoms with E-state index in [4.69, 9.17) is 59.5 Å². The molecule has 6 aliphatic rings. The Morgan fingerprint density at radius 2 is 0.719 bits per heavy atom. The zero-order chi connectivity index (χ0) is 98.4. The van der Waals surface area contributed by atoms with Gasteiger partial charge in [-0.25, -0.2) is 4.98 Å². The lowest BCUT2D eigenvalue weighted by molar-refractivity contribution is -0.155. The van der Waals surface area contributed by atoms with E-state index in [0.717, 1.165) is 208 Å². The summed E-state index contributed by atoms with van der Waals surface area (Å²) in [5.41, 5.74) is 15.8. The van der Waals surface area contributed by atoms with E-state index < -0.39 is 23.7 Å². The number of aryl methyl sites for hydroxylation is 9. The number of ether oxygens (including phenoxy) is 1. The minimum Gasteiger partial charge on any atom is -0.460 e. The number of hydrogen-bond acceptors (Lipinski definition) is 27. The minimum atomic E-state index is -0.560. The molecule has 3 aromatic carbocycles. The summed E-state index contributed by atoms with van der Waals surface area (Å²) in [5.74, 6) is 5.61. The van der Waals surface area contributed by atoms with Crippen molar-refractivity contribution in [2.24, 2.45) is 20.0 Å². The number of amides is 3. The number of halogens is 3. The van der Waals surface area contributed by atoms with Crippen molar-refractivity contribution in [2.75, 3.05) is 99.2 Å². The molecular formula is C101H119Cl3N26O5S4. The Labute approximate surface area is 841 Å². The first-order valence-corrected chi connectivity index (χ1v) is 51.5. The highest BCUT2D eigenvalue weighted by atomic mass is 35.5. The number of pyridine rings is 1. The molecule has 0 radical (unpaired) electrons. The van der Waals surface area contributed by atoms with Crippen molar-refractivity contribution >= 4 is 127 Å². The number of nitrogens with one attached hydrogen (secondary N) is 3. The van der Waals surface area contributed by atoms with Gasteiger partial charge >= 0.3 is 5.97 Å². The van der Waals surface area contributed by atoms with Gasteiger partial charge in [-0.05, 0) is 221 Å². The molecule has 2 fully saturated rings. The van der Waals surface area contributed by atoms with Gasteiger partial charge in [0.1, 0.15) is 73.1 Å². The van der Waals surface area contributed by atoms with Crippen LogP contribution in [-0.2, 0) is 30.5 Å². The van der Waals surface area contributed by atoms with Crippen molar-refractivity contribution in [1.29, 1.82) is 0 Å². The molecule has 31 nitrogen and oxygen atoms in total. The number of fused-ring (bicyclic) bond motifs is 12. The first kappa shape index (κ1) is 101. The molecule has 0 spiro atoms. The molecule has 10 aromatic heterocycles. The SMILES string of the molecule is Cc1sc2c(c1C)C(c1ccc(Cl)cc1)=NC(CC(=O)NCCCN1CCN(C)CC1)c1nnc(C)n1-2.Cc1sc2c(c1C)C(c1ccc(Cl)cc1)=NC(CC(=O)NCCCn1ccnc1)c1nnc(C)n1-2.Cc1sc2c(c1C)C(c1ccc(Cl)cc1)=NC(CNC(=O)CCCN1CCN(C)CC1)c1nnc(C)n1-2.Cc1sc2c(c1C)C(c1ccncc1)=NC(CC(=O)OC(C)(C)C)c1nnc(C)n1-2. The van der Waals surface area contributed by atoms with Crippen LogP contribution in [0.15, 0.2) is 136 Å². The Balaban J connectivity index is 0.000000134. The number of piperazine rings is 2. The van der Waals surface area contributed by atoms with Crippen LogP contribution in [0.1, 0.15) is 223 Å². The van der Waals surface area contributed by atoms with Gasteiger partial charge < -0.3 is 44.9 Å². The molecule has 0 saturated carbocycles. The molecule has 3 amide bonds. The average Bonchev–Trinajstić information content (AvgIpc) is 1.60. The summed E-state index contributed by atoms with van der Waals surface area (Å²) in [6, 6.07) is 25.4. The lowest BCUT2D eigenvalue weighted by Gasteiger charge is -2.32. The van der Waals surface area contributed by atoms with Gasteiger partial charge in [-0.3, -0.25) is 62.4 Å². The number of esters is 1. The lowest BCUT2D eigenvalue weighted by Crippen LogP contribution is -2.45. The third-order valence-electron chi connectivity index (χ3n) is 25.8. The number of carbonyl (C=O) groups is 4. The van der Waals surface area contributed by atoms with Gasteiger partial charge in [0, 0.05) is 189 Å². The molecule has 728 valence electrons. The quantitative estimate of drug-likeness (QED) is 0.0374. The van der Waals surface area contributed by atoms with Crippen LogP contribution >= 0.6 is 80.1 Å². The Hall–Kier alpha value is -11.4. The Kier molecular flexibility index (Phi) is 32.0. The van der Waals surface area contributed by atoms with Crippen LogP contribution in [0.5, 0.6) is 0 Å². The van der Waals surface area contributed by atoms with Crippen LogP contribution in [0.4, 0.5) is 0 Å². The van der Waals surface area contributed by atoms with E-state index in [1.807, 2.05) is 149 Å². The van der Waals surface area contributed by atoms with Crippen molar-refractivity contribution in [3.05, 3.63) is 264 Å². The highest BCUT2D eigenvalue weighted by molar-refractivity contribution is 7.16. The second-order valence-electron chi connectivity index (χ2n) is 37.0. The second kappa shape index (κ2) is 44.2. The molecule has 38 heteroatoms. The van der Waals surface area contributed by atoms with E-state index in [2.05, 4.69) is 169 Å². The van der Waals surface area contributed by atoms with Gasteiger partial charge in [-0.1, -0.05) is 71.2 Å². The van der Waals surface area contributed by atoms with E-state index >= 15 is 0 Å². The van der Waals surface area contributed by atoms with Crippen LogP contribution in [-0.4, -0.2) is 245 Å². The van der Waals surface area contributed by atoms with Gasteiger partial charge in [0.05, 0.1) is 48.4 Å². The predicted molar refractivity (Wildman–Crippen MR) is 553 cm³/mol. The van der Waals surface area contributed by atoms with E-state index in [9.17, 15) is 19.2 Å². The highest BCUT2D eigenvalue weighted by Gasteiger charge is 2.39. The number of benzene rings is 3. The first-order valence-electron chi connectivity index (χ1n) is 47.1. The largest absolute Gasteiger partial charge is 0.460 e. The molecule has 4 atom stereocenters. The molecule has 4 unspecified atom stereocenters. The van der Waals surface area contributed by atoms with E-state index in [0.29, 0.717) is 58.6 Å². The third kappa shape index (κ3) is 23.1. The molecule has 0 bridgehead atoms. The molecule has 6 aliphatic heterocycles. The number of thiophene rings is 4. The molecule has 13 aromatic rings. The van der Waals surface area contributed by atoms with Crippen LogP contribution in [0, 0.1) is 83.1 Å². The van der Waals surface area contributed by atoms with E-state index in [-0.39, 0.29) is 49.0 Å². The number of likely N-dealkylation sites (N-methyl/N-ethyl adjacent to an activating group) is 2. The summed E-state index contributed by atoms with van der Waals surface area (Å²) in [6.45, 7) is 43.4. The summed E-state index contributed by atoms with van der Waals surface area (Å²) in [4.78, 5) is 94.8. The molecule has 16 heterocycles. The smallest absolute Gasteiger partial charge is 0.308 e. The second-order valence-corrected chi connectivity index (χ2v) is 43.1. The number of hydrogen-bond donors (Lipinski definition) is 3. The minimum absolute atomic E-state index is 0.0204. The molecule has 19 rings (SSSR count). The lowest BCUT2D eigenvalue weighted by atomic mass is 9.99. The highest BCUT2D eigenvalue weighted by Crippen LogP contribution is 2.45. The van der Waals surface area contributed by atoms with Crippen LogP contribution in [0.3, 0.4) is 0 Å². The Bertz CT molecular complexity index is 6730. The number of carbonyl (C=O) groups excluding carboxylic acids is 4. The Morgan fingerprint density at radius 1 is 0.388 bits per heavy atom. The maximum atomic E-state index is 13.1. The maximum absolute atomic E-state index is 13.1. The molecule has 2 saturated heterocycles. The fourth-order valence-corrected chi connectivity index (χ4v) is 23.0. The van der Waals surface area contributed by atoms with Crippen LogP contribution < -0.4 is 16.0 Å². The average molecular weight is 2010 g/mol. The predicted octanol–water partition coefficient (Wildman–Crippen LogP) is 16.8. The normalized spacial score (nSPS) is 16.8. The summed E-state index contributed by atoms with van der Waals surface area (Å²) in [7, 11) is 4.32. The van der Waals surface area contributed by atoms with E-state index in [1.54, 1.807) is 70.3 Å². The number of rotatable bonds is 24.